The standard InChI is InChI=1S/C13H15NO3/c1-6-13(4,5)17-10-7-8(2)14-9(3)11(10)12(15)16/h1,7H,2-5H3,(H,15,16). The van der Waals surface area contributed by atoms with Crippen LogP contribution in [0.2, 0.25) is 0 Å². The molecule has 1 heterocycles. The predicted molar refractivity (Wildman–Crippen MR) is 64.2 cm³/mol. The number of ether oxygens (including phenoxy) is 1. The average Bonchev–Trinajstić information content (AvgIpc) is 2.14. The average molecular weight is 233 g/mol. The molecule has 0 saturated carbocycles. The van der Waals surface area contributed by atoms with Gasteiger partial charge in [0, 0.05) is 11.8 Å². The Morgan fingerprint density at radius 2 is 2.12 bits per heavy atom. The lowest BCUT2D eigenvalue weighted by atomic mass is 10.1. The van der Waals surface area contributed by atoms with Crippen molar-refractivity contribution in [1.29, 1.82) is 0 Å². The van der Waals surface area contributed by atoms with Crippen LogP contribution in [-0.2, 0) is 0 Å². The summed E-state index contributed by atoms with van der Waals surface area (Å²) in [4.78, 5) is 15.3. The lowest BCUT2D eigenvalue weighted by Gasteiger charge is -2.22. The summed E-state index contributed by atoms with van der Waals surface area (Å²) in [6.07, 6.45) is 5.32. The van der Waals surface area contributed by atoms with Crippen LogP contribution in [0.1, 0.15) is 35.6 Å². The molecule has 4 heteroatoms. The first-order valence-electron chi connectivity index (χ1n) is 5.15. The van der Waals surface area contributed by atoms with E-state index in [1.165, 1.54) is 0 Å². The van der Waals surface area contributed by atoms with E-state index in [0.717, 1.165) is 0 Å². The van der Waals surface area contributed by atoms with Crippen molar-refractivity contribution >= 4 is 5.97 Å². The fraction of sp³-hybridized carbons (Fsp3) is 0.385. The number of carbonyl (C=O) groups is 1. The molecule has 0 unspecified atom stereocenters. The maximum atomic E-state index is 11.2. The molecule has 1 aromatic rings. The number of aryl methyl sites for hydroxylation is 2. The first-order valence-corrected chi connectivity index (χ1v) is 5.15. The van der Waals surface area contributed by atoms with Crippen LogP contribution in [0.4, 0.5) is 0 Å². The minimum Gasteiger partial charge on any atom is -0.477 e. The molecule has 0 spiro atoms. The van der Waals surface area contributed by atoms with Crippen LogP contribution >= 0.6 is 0 Å². The van der Waals surface area contributed by atoms with E-state index in [9.17, 15) is 4.79 Å². The van der Waals surface area contributed by atoms with E-state index in [1.807, 2.05) is 0 Å². The van der Waals surface area contributed by atoms with Gasteiger partial charge in [-0.05, 0) is 27.7 Å². The van der Waals surface area contributed by atoms with Crippen molar-refractivity contribution in [3.8, 4) is 18.1 Å². The van der Waals surface area contributed by atoms with Crippen molar-refractivity contribution in [2.24, 2.45) is 0 Å². The summed E-state index contributed by atoms with van der Waals surface area (Å²) in [6, 6.07) is 1.58. The van der Waals surface area contributed by atoms with E-state index in [1.54, 1.807) is 33.8 Å². The van der Waals surface area contributed by atoms with E-state index >= 15 is 0 Å². The molecule has 0 bridgehead atoms. The van der Waals surface area contributed by atoms with Crippen LogP contribution in [0.5, 0.6) is 5.75 Å². The van der Waals surface area contributed by atoms with Crippen molar-refractivity contribution in [3.05, 3.63) is 23.0 Å². The quantitative estimate of drug-likeness (QED) is 0.813. The first kappa shape index (κ1) is 13.0. The smallest absolute Gasteiger partial charge is 0.341 e. The molecule has 4 nitrogen and oxygen atoms in total. The van der Waals surface area contributed by atoms with Gasteiger partial charge >= 0.3 is 5.97 Å². The Bertz CT molecular complexity index is 498. The van der Waals surface area contributed by atoms with Gasteiger partial charge < -0.3 is 9.84 Å². The van der Waals surface area contributed by atoms with E-state index in [0.29, 0.717) is 11.4 Å². The summed E-state index contributed by atoms with van der Waals surface area (Å²) in [5.74, 6) is 1.64. The Balaban J connectivity index is 3.32. The van der Waals surface area contributed by atoms with Crippen LogP contribution in [0.15, 0.2) is 6.07 Å². The normalized spacial score (nSPS) is 10.8. The molecule has 90 valence electrons. The van der Waals surface area contributed by atoms with Crippen LogP contribution in [0.3, 0.4) is 0 Å². The minimum absolute atomic E-state index is 0.0546. The van der Waals surface area contributed by atoms with Crippen LogP contribution in [0.25, 0.3) is 0 Å². The summed E-state index contributed by atoms with van der Waals surface area (Å²) in [5, 5.41) is 9.14. The minimum atomic E-state index is -1.07. The number of rotatable bonds is 3. The van der Waals surface area contributed by atoms with Crippen molar-refractivity contribution in [2.45, 2.75) is 33.3 Å². The van der Waals surface area contributed by atoms with Crippen LogP contribution in [-0.4, -0.2) is 21.7 Å². The van der Waals surface area contributed by atoms with Gasteiger partial charge in [0.15, 0.2) is 5.60 Å². The van der Waals surface area contributed by atoms with Crippen molar-refractivity contribution in [2.75, 3.05) is 0 Å². The maximum Gasteiger partial charge on any atom is 0.341 e. The Morgan fingerprint density at radius 3 is 2.59 bits per heavy atom. The molecule has 0 aliphatic rings. The van der Waals surface area contributed by atoms with E-state index in [2.05, 4.69) is 10.9 Å². The highest BCUT2D eigenvalue weighted by Crippen LogP contribution is 2.26. The van der Waals surface area contributed by atoms with Crippen molar-refractivity contribution in [3.63, 3.8) is 0 Å². The SMILES string of the molecule is C#CC(C)(C)Oc1cc(C)nc(C)c1C(=O)O. The van der Waals surface area contributed by atoms with Gasteiger partial charge in [-0.2, -0.15) is 0 Å². The molecular weight excluding hydrogens is 218 g/mol. The van der Waals surface area contributed by atoms with Crippen LogP contribution < -0.4 is 4.74 Å². The molecule has 0 aliphatic heterocycles. The molecule has 0 atom stereocenters. The molecule has 1 aromatic heterocycles. The summed E-state index contributed by atoms with van der Waals surface area (Å²) in [7, 11) is 0. The number of nitrogens with zero attached hydrogens (tertiary/aromatic N) is 1. The monoisotopic (exact) mass is 233 g/mol. The molecule has 0 amide bonds. The van der Waals surface area contributed by atoms with Crippen molar-refractivity contribution in [1.82, 2.24) is 4.98 Å². The molecule has 0 fully saturated rings. The van der Waals surface area contributed by atoms with E-state index in [4.69, 9.17) is 16.3 Å². The zero-order chi connectivity index (χ0) is 13.2. The van der Waals surface area contributed by atoms with Gasteiger partial charge in [0.2, 0.25) is 0 Å². The van der Waals surface area contributed by atoms with Gasteiger partial charge in [-0.3, -0.25) is 4.98 Å². The van der Waals surface area contributed by atoms with E-state index < -0.39 is 11.6 Å². The third-order valence-electron chi connectivity index (χ3n) is 2.22. The van der Waals surface area contributed by atoms with Gasteiger partial charge in [0.25, 0.3) is 0 Å². The lowest BCUT2D eigenvalue weighted by Crippen LogP contribution is -2.27. The Hall–Kier alpha value is -2.02. The molecule has 0 aliphatic carbocycles. The number of hydrogen-bond donors (Lipinski definition) is 1. The molecular formula is C13H15NO3. The Kier molecular flexibility index (Phi) is 3.42. The fourth-order valence-corrected chi connectivity index (χ4v) is 1.44. The molecule has 1 N–H and O–H groups in total. The van der Waals surface area contributed by atoms with Gasteiger partial charge in [-0.15, -0.1) is 6.42 Å². The molecule has 1 rings (SSSR count). The summed E-state index contributed by atoms with van der Waals surface area (Å²) >= 11 is 0. The number of aromatic carboxylic acids is 1. The topological polar surface area (TPSA) is 59.4 Å². The van der Waals surface area contributed by atoms with Gasteiger partial charge in [-0.25, -0.2) is 4.79 Å². The number of pyridine rings is 1. The largest absolute Gasteiger partial charge is 0.477 e. The lowest BCUT2D eigenvalue weighted by molar-refractivity contribution is 0.0685. The Labute approximate surface area is 101 Å². The summed E-state index contributed by atoms with van der Waals surface area (Å²) in [6.45, 7) is 6.80. The zero-order valence-corrected chi connectivity index (χ0v) is 10.4. The predicted octanol–water partition coefficient (Wildman–Crippen LogP) is 2.19. The highest BCUT2D eigenvalue weighted by atomic mass is 16.5. The second kappa shape index (κ2) is 4.46. The van der Waals surface area contributed by atoms with Crippen LogP contribution in [0, 0.1) is 26.2 Å². The fourth-order valence-electron chi connectivity index (χ4n) is 1.44. The third-order valence-corrected chi connectivity index (χ3v) is 2.22. The molecule has 0 radical (unpaired) electrons. The number of hydrogen-bond acceptors (Lipinski definition) is 3. The number of carboxylic acids is 1. The molecule has 0 aromatic carbocycles. The second-order valence-corrected chi connectivity index (χ2v) is 4.28. The van der Waals surface area contributed by atoms with Gasteiger partial charge in [-0.1, -0.05) is 5.92 Å². The summed E-state index contributed by atoms with van der Waals surface area (Å²) < 4.78 is 5.55. The van der Waals surface area contributed by atoms with E-state index in [-0.39, 0.29) is 11.3 Å². The number of terminal acetylenes is 1. The highest BCUT2D eigenvalue weighted by molar-refractivity contribution is 5.92. The highest BCUT2D eigenvalue weighted by Gasteiger charge is 2.22. The maximum absolute atomic E-state index is 11.2. The van der Waals surface area contributed by atoms with Gasteiger partial charge in [0.05, 0.1) is 5.69 Å². The molecule has 0 saturated heterocycles. The van der Waals surface area contributed by atoms with Crippen molar-refractivity contribution < 1.29 is 14.6 Å². The third kappa shape index (κ3) is 2.97. The van der Waals surface area contributed by atoms with Gasteiger partial charge in [0.1, 0.15) is 11.3 Å². The number of aromatic nitrogens is 1. The number of carboxylic acid groups (broad SMARTS) is 1. The second-order valence-electron chi connectivity index (χ2n) is 4.28. The summed E-state index contributed by atoms with van der Waals surface area (Å²) in [5.41, 5.74) is 0.305. The molecule has 17 heavy (non-hydrogen) atoms. The first-order chi connectivity index (χ1) is 7.76. The zero-order valence-electron chi connectivity index (χ0n) is 10.4. The Morgan fingerprint density at radius 1 is 1.53 bits per heavy atom.